The van der Waals surface area contributed by atoms with E-state index in [4.69, 9.17) is 0 Å². The van der Waals surface area contributed by atoms with Gasteiger partial charge in [-0.05, 0) is 55.4 Å². The molecule has 4 nitrogen and oxygen atoms in total. The van der Waals surface area contributed by atoms with Crippen LogP contribution in [0.5, 0.6) is 0 Å². The van der Waals surface area contributed by atoms with Crippen molar-refractivity contribution in [1.82, 2.24) is 10.3 Å². The molecule has 0 saturated heterocycles. The summed E-state index contributed by atoms with van der Waals surface area (Å²) in [4.78, 5) is 19.1. The van der Waals surface area contributed by atoms with Crippen LogP contribution in [0, 0.1) is 5.82 Å². The number of benzene rings is 1. The fraction of sp³-hybridized carbons (Fsp3) is 0.478. The predicted octanol–water partition coefficient (Wildman–Crippen LogP) is 4.72. The van der Waals surface area contributed by atoms with E-state index in [-0.39, 0.29) is 17.8 Å². The first-order valence-corrected chi connectivity index (χ1v) is 10.4. The summed E-state index contributed by atoms with van der Waals surface area (Å²) in [5.41, 5.74) is 2.26. The zero-order valence-corrected chi connectivity index (χ0v) is 16.4. The van der Waals surface area contributed by atoms with Gasteiger partial charge in [0.15, 0.2) is 0 Å². The molecule has 1 atom stereocenters. The first-order chi connectivity index (χ1) is 13.6. The number of pyridine rings is 1. The van der Waals surface area contributed by atoms with Crippen LogP contribution >= 0.6 is 0 Å². The Morgan fingerprint density at radius 3 is 2.61 bits per heavy atom. The minimum Gasteiger partial charge on any atom is -0.357 e. The lowest BCUT2D eigenvalue weighted by Crippen LogP contribution is -2.44. The Morgan fingerprint density at radius 1 is 1.18 bits per heavy atom. The summed E-state index contributed by atoms with van der Waals surface area (Å²) >= 11 is 0. The highest BCUT2D eigenvalue weighted by atomic mass is 19.1. The van der Waals surface area contributed by atoms with Gasteiger partial charge in [0.1, 0.15) is 11.9 Å². The SMILES string of the molecule is CN(c1ccc(C2CC2)cc1F)C(C(=O)NC1CCCCC1)c1cccnc1. The van der Waals surface area contributed by atoms with Gasteiger partial charge in [0.2, 0.25) is 5.91 Å². The van der Waals surface area contributed by atoms with Crippen molar-refractivity contribution in [3.8, 4) is 0 Å². The summed E-state index contributed by atoms with van der Waals surface area (Å²) in [6.45, 7) is 0. The molecular formula is C23H28FN3O. The Bertz CT molecular complexity index is 816. The summed E-state index contributed by atoms with van der Waals surface area (Å²) < 4.78 is 14.9. The molecule has 1 N–H and O–H groups in total. The van der Waals surface area contributed by atoms with Gasteiger partial charge in [-0.1, -0.05) is 31.4 Å². The van der Waals surface area contributed by atoms with E-state index in [0.29, 0.717) is 11.6 Å². The number of carbonyl (C=O) groups excluding carboxylic acids is 1. The van der Waals surface area contributed by atoms with Crippen molar-refractivity contribution in [2.75, 3.05) is 11.9 Å². The normalized spacial score (nSPS) is 18.5. The van der Waals surface area contributed by atoms with Crippen LogP contribution in [0.1, 0.15) is 68.0 Å². The van der Waals surface area contributed by atoms with Crippen molar-refractivity contribution in [3.63, 3.8) is 0 Å². The molecule has 2 fully saturated rings. The van der Waals surface area contributed by atoms with Gasteiger partial charge < -0.3 is 10.2 Å². The lowest BCUT2D eigenvalue weighted by Gasteiger charge is -2.32. The van der Waals surface area contributed by atoms with Gasteiger partial charge in [0, 0.05) is 31.0 Å². The van der Waals surface area contributed by atoms with Crippen molar-refractivity contribution >= 4 is 11.6 Å². The van der Waals surface area contributed by atoms with Gasteiger partial charge in [0.25, 0.3) is 0 Å². The molecule has 2 aromatic rings. The maximum absolute atomic E-state index is 14.9. The Labute approximate surface area is 166 Å². The fourth-order valence-corrected chi connectivity index (χ4v) is 4.23. The molecule has 1 aromatic heterocycles. The molecule has 1 amide bonds. The number of nitrogens with one attached hydrogen (secondary N) is 1. The molecule has 0 spiro atoms. The van der Waals surface area contributed by atoms with E-state index in [0.717, 1.165) is 49.7 Å². The van der Waals surface area contributed by atoms with Crippen LogP contribution in [-0.4, -0.2) is 24.0 Å². The summed E-state index contributed by atoms with van der Waals surface area (Å²) in [5.74, 6) is 0.136. The number of likely N-dealkylation sites (N-methyl/N-ethyl adjacent to an activating group) is 1. The maximum atomic E-state index is 14.9. The number of halogens is 1. The zero-order chi connectivity index (χ0) is 19.5. The third-order valence-corrected chi connectivity index (χ3v) is 5.99. The fourth-order valence-electron chi connectivity index (χ4n) is 4.23. The van der Waals surface area contributed by atoms with Gasteiger partial charge in [-0.25, -0.2) is 4.39 Å². The quantitative estimate of drug-likeness (QED) is 0.787. The number of aromatic nitrogens is 1. The number of rotatable bonds is 6. The highest BCUT2D eigenvalue weighted by Crippen LogP contribution is 2.41. The molecule has 0 radical (unpaired) electrons. The predicted molar refractivity (Wildman–Crippen MR) is 109 cm³/mol. The first kappa shape index (κ1) is 18.9. The Balaban J connectivity index is 1.60. The van der Waals surface area contributed by atoms with E-state index in [9.17, 15) is 9.18 Å². The van der Waals surface area contributed by atoms with Crippen molar-refractivity contribution < 1.29 is 9.18 Å². The van der Waals surface area contributed by atoms with E-state index >= 15 is 0 Å². The highest BCUT2D eigenvalue weighted by Gasteiger charge is 2.30. The molecule has 0 aliphatic heterocycles. The second-order valence-corrected chi connectivity index (χ2v) is 8.13. The number of anilines is 1. The third kappa shape index (κ3) is 4.18. The molecule has 28 heavy (non-hydrogen) atoms. The van der Waals surface area contributed by atoms with E-state index in [1.807, 2.05) is 18.2 Å². The smallest absolute Gasteiger partial charge is 0.247 e. The number of nitrogens with zero attached hydrogens (tertiary/aromatic N) is 2. The molecule has 1 aromatic carbocycles. The topological polar surface area (TPSA) is 45.2 Å². The lowest BCUT2D eigenvalue weighted by atomic mass is 9.95. The third-order valence-electron chi connectivity index (χ3n) is 5.99. The van der Waals surface area contributed by atoms with Crippen LogP contribution in [0.3, 0.4) is 0 Å². The van der Waals surface area contributed by atoms with E-state index in [1.54, 1.807) is 36.5 Å². The van der Waals surface area contributed by atoms with E-state index in [1.165, 1.54) is 6.42 Å². The first-order valence-electron chi connectivity index (χ1n) is 10.4. The van der Waals surface area contributed by atoms with Gasteiger partial charge in [-0.3, -0.25) is 9.78 Å². The molecule has 2 saturated carbocycles. The molecule has 0 bridgehead atoms. The minimum absolute atomic E-state index is 0.0898. The molecular weight excluding hydrogens is 353 g/mol. The Morgan fingerprint density at radius 2 is 1.96 bits per heavy atom. The van der Waals surface area contributed by atoms with Gasteiger partial charge in [0.05, 0.1) is 5.69 Å². The molecule has 4 rings (SSSR count). The average Bonchev–Trinajstić information content (AvgIpc) is 3.55. The second-order valence-electron chi connectivity index (χ2n) is 8.13. The maximum Gasteiger partial charge on any atom is 0.247 e. The zero-order valence-electron chi connectivity index (χ0n) is 16.4. The minimum atomic E-state index is -0.614. The largest absolute Gasteiger partial charge is 0.357 e. The van der Waals surface area contributed by atoms with Gasteiger partial charge in [-0.15, -0.1) is 0 Å². The van der Waals surface area contributed by atoms with E-state index < -0.39 is 6.04 Å². The molecule has 5 heteroatoms. The van der Waals surface area contributed by atoms with Crippen molar-refractivity contribution in [3.05, 3.63) is 59.7 Å². The molecule has 2 aliphatic rings. The lowest BCUT2D eigenvalue weighted by molar-refractivity contribution is -0.123. The van der Waals surface area contributed by atoms with Gasteiger partial charge >= 0.3 is 0 Å². The number of hydrogen-bond donors (Lipinski definition) is 1. The number of hydrogen-bond acceptors (Lipinski definition) is 3. The number of carbonyl (C=O) groups is 1. The average molecular weight is 381 g/mol. The molecule has 2 aliphatic carbocycles. The summed E-state index contributed by atoms with van der Waals surface area (Å²) in [6.07, 6.45) is 11.2. The van der Waals surface area contributed by atoms with E-state index in [2.05, 4.69) is 10.3 Å². The molecule has 148 valence electrons. The van der Waals surface area contributed by atoms with Crippen LogP contribution < -0.4 is 10.2 Å². The standard InChI is InChI=1S/C23H28FN3O/c1-27(21-12-11-17(14-20(21)24)16-9-10-16)22(18-6-5-13-25-15-18)23(28)26-19-7-3-2-4-8-19/h5-6,11-16,19,22H,2-4,7-10H2,1H3,(H,26,28). The Hall–Kier alpha value is -2.43. The summed E-state index contributed by atoms with van der Waals surface area (Å²) in [6, 6.07) is 8.71. The van der Waals surface area contributed by atoms with Crippen LogP contribution in [-0.2, 0) is 4.79 Å². The van der Waals surface area contributed by atoms with Crippen LogP contribution in [0.2, 0.25) is 0 Å². The van der Waals surface area contributed by atoms with Gasteiger partial charge in [-0.2, -0.15) is 0 Å². The van der Waals surface area contributed by atoms with Crippen LogP contribution in [0.15, 0.2) is 42.7 Å². The van der Waals surface area contributed by atoms with Crippen LogP contribution in [0.4, 0.5) is 10.1 Å². The van der Waals surface area contributed by atoms with Crippen LogP contribution in [0.25, 0.3) is 0 Å². The highest BCUT2D eigenvalue weighted by molar-refractivity contribution is 5.86. The summed E-state index contributed by atoms with van der Waals surface area (Å²) in [5, 5.41) is 3.20. The summed E-state index contributed by atoms with van der Waals surface area (Å²) in [7, 11) is 1.79. The molecule has 1 heterocycles. The second kappa shape index (κ2) is 8.29. The number of amides is 1. The monoisotopic (exact) mass is 381 g/mol. The Kier molecular flexibility index (Phi) is 5.60. The van der Waals surface area contributed by atoms with Crippen molar-refractivity contribution in [1.29, 1.82) is 0 Å². The van der Waals surface area contributed by atoms with Crippen molar-refractivity contribution in [2.24, 2.45) is 0 Å². The molecule has 1 unspecified atom stereocenters. The van der Waals surface area contributed by atoms with Crippen molar-refractivity contribution in [2.45, 2.75) is 62.9 Å².